The molecule has 2 aromatic heterocycles. The van der Waals surface area contributed by atoms with Gasteiger partial charge in [-0.3, -0.25) is 0 Å². The number of nitrogen functional groups attached to an aromatic ring is 1. The summed E-state index contributed by atoms with van der Waals surface area (Å²) in [5.41, 5.74) is 5.50. The molecule has 0 unspecified atom stereocenters. The van der Waals surface area contributed by atoms with Crippen molar-refractivity contribution in [2.24, 2.45) is 0 Å². The van der Waals surface area contributed by atoms with Gasteiger partial charge in [-0.1, -0.05) is 5.92 Å². The van der Waals surface area contributed by atoms with Crippen LogP contribution in [0, 0.1) is 12.3 Å². The van der Waals surface area contributed by atoms with E-state index < -0.39 is 30.5 Å². The molecular formula is C14H15N3O4. The minimum absolute atomic E-state index is 0.452. The zero-order valence-corrected chi connectivity index (χ0v) is 11.0. The zero-order chi connectivity index (χ0) is 15.2. The third-order valence-corrected chi connectivity index (χ3v) is 3.81. The molecule has 21 heavy (non-hydrogen) atoms. The van der Waals surface area contributed by atoms with Gasteiger partial charge in [-0.25, -0.2) is 4.52 Å². The smallest absolute Gasteiger partial charge is 0.185 e. The number of fused-ring (bicyclic) bond motifs is 1. The maximum absolute atomic E-state index is 10.5. The molecule has 0 saturated carbocycles. The second-order valence-electron chi connectivity index (χ2n) is 4.99. The summed E-state index contributed by atoms with van der Waals surface area (Å²) in [6.07, 6.45) is 3.49. The van der Waals surface area contributed by atoms with Gasteiger partial charge in [-0.15, -0.1) is 6.42 Å². The summed E-state index contributed by atoms with van der Waals surface area (Å²) in [6.45, 7) is -0.458. The highest BCUT2D eigenvalue weighted by atomic mass is 16.6. The Morgan fingerprint density at radius 3 is 2.90 bits per heavy atom. The van der Waals surface area contributed by atoms with Crippen LogP contribution in [0.15, 0.2) is 24.4 Å². The Labute approximate surface area is 120 Å². The van der Waals surface area contributed by atoms with E-state index in [0.717, 1.165) is 0 Å². The first-order valence-corrected chi connectivity index (χ1v) is 6.39. The lowest BCUT2D eigenvalue weighted by Gasteiger charge is -2.25. The fourth-order valence-electron chi connectivity index (χ4n) is 2.65. The molecule has 7 nitrogen and oxygen atoms in total. The van der Waals surface area contributed by atoms with Gasteiger partial charge < -0.3 is 25.8 Å². The quantitative estimate of drug-likeness (QED) is 0.531. The first kappa shape index (κ1) is 13.9. The van der Waals surface area contributed by atoms with Crippen LogP contribution in [0.5, 0.6) is 0 Å². The summed E-state index contributed by atoms with van der Waals surface area (Å²) >= 11 is 0. The van der Waals surface area contributed by atoms with Gasteiger partial charge in [0.15, 0.2) is 5.60 Å². The maximum Gasteiger partial charge on any atom is 0.185 e. The molecule has 0 amide bonds. The molecule has 1 aliphatic rings. The molecule has 1 fully saturated rings. The van der Waals surface area contributed by atoms with Crippen molar-refractivity contribution in [1.82, 2.24) is 9.61 Å². The molecule has 1 aliphatic heterocycles. The van der Waals surface area contributed by atoms with E-state index in [4.69, 9.17) is 16.9 Å². The third kappa shape index (κ3) is 1.81. The van der Waals surface area contributed by atoms with Crippen molar-refractivity contribution < 1.29 is 20.1 Å². The fraction of sp³-hybridized carbons (Fsp3) is 0.357. The van der Waals surface area contributed by atoms with Crippen LogP contribution < -0.4 is 5.73 Å². The molecule has 3 rings (SSSR count). The Hall–Kier alpha value is -2.11. The number of aliphatic hydroxyl groups is 3. The first-order chi connectivity index (χ1) is 10.0. The molecule has 3 heterocycles. The number of rotatable bonds is 2. The van der Waals surface area contributed by atoms with E-state index in [9.17, 15) is 15.3 Å². The number of anilines is 1. The van der Waals surface area contributed by atoms with Crippen LogP contribution in [0.1, 0.15) is 11.8 Å². The molecule has 0 bridgehead atoms. The Morgan fingerprint density at radius 1 is 1.48 bits per heavy atom. The number of nitrogens with zero attached hydrogens (tertiary/aromatic N) is 2. The first-order valence-electron chi connectivity index (χ1n) is 6.39. The van der Waals surface area contributed by atoms with E-state index in [-0.39, 0.29) is 0 Å². The normalized spacial score (nSPS) is 32.4. The maximum atomic E-state index is 10.5. The Morgan fingerprint density at radius 2 is 2.24 bits per heavy atom. The van der Waals surface area contributed by atoms with E-state index in [1.165, 1.54) is 10.7 Å². The van der Waals surface area contributed by atoms with E-state index >= 15 is 0 Å². The van der Waals surface area contributed by atoms with Crippen LogP contribution in [-0.2, 0) is 4.74 Å². The second-order valence-corrected chi connectivity index (χ2v) is 4.99. The van der Waals surface area contributed by atoms with E-state index in [2.05, 4.69) is 11.0 Å². The molecule has 110 valence electrons. The van der Waals surface area contributed by atoms with Crippen molar-refractivity contribution in [3.05, 3.63) is 30.1 Å². The number of aliphatic hydroxyl groups excluding tert-OH is 2. The Kier molecular flexibility index (Phi) is 3.11. The molecule has 1 saturated heterocycles. The molecule has 0 aromatic carbocycles. The molecule has 7 heteroatoms. The summed E-state index contributed by atoms with van der Waals surface area (Å²) in [5.74, 6) is 2.17. The van der Waals surface area contributed by atoms with Crippen molar-refractivity contribution >= 4 is 11.2 Å². The highest BCUT2D eigenvalue weighted by Crippen LogP contribution is 2.41. The second kappa shape index (κ2) is 4.72. The van der Waals surface area contributed by atoms with Gasteiger partial charge in [0.05, 0.1) is 23.5 Å². The lowest BCUT2D eigenvalue weighted by Crippen LogP contribution is -2.44. The average Bonchev–Trinajstić information content (AvgIpc) is 3.01. The lowest BCUT2D eigenvalue weighted by atomic mass is 9.90. The van der Waals surface area contributed by atoms with Crippen LogP contribution in [-0.4, -0.2) is 49.3 Å². The molecule has 5 N–H and O–H groups in total. The van der Waals surface area contributed by atoms with Gasteiger partial charge in [-0.05, 0) is 18.2 Å². The van der Waals surface area contributed by atoms with Gasteiger partial charge in [-0.2, -0.15) is 5.10 Å². The van der Waals surface area contributed by atoms with Crippen molar-refractivity contribution in [1.29, 1.82) is 0 Å². The highest BCUT2D eigenvalue weighted by Gasteiger charge is 2.55. The standard InChI is InChI=1S/C14H15N3O4/c1-2-14(20)12(19)11(7-18)21-13(14)10-4-3-9-8(15)5-6-16-17(9)10/h1,3-6,11-13,18-20H,7,15H2/t11-,12-,13+,14-/m1/s1. The summed E-state index contributed by atoms with van der Waals surface area (Å²) in [4.78, 5) is 0. The van der Waals surface area contributed by atoms with E-state index in [1.54, 1.807) is 18.2 Å². The largest absolute Gasteiger partial charge is 0.397 e. The van der Waals surface area contributed by atoms with Gasteiger partial charge in [0.2, 0.25) is 0 Å². The number of terminal acetylenes is 1. The minimum atomic E-state index is -1.95. The zero-order valence-electron chi connectivity index (χ0n) is 11.0. The molecule has 4 atom stereocenters. The molecule has 0 aliphatic carbocycles. The number of hydrogen-bond donors (Lipinski definition) is 4. The van der Waals surface area contributed by atoms with Crippen LogP contribution in [0.25, 0.3) is 5.52 Å². The fourth-order valence-corrected chi connectivity index (χ4v) is 2.65. The van der Waals surface area contributed by atoms with Gasteiger partial charge in [0, 0.05) is 6.20 Å². The number of nitrogens with two attached hydrogens (primary N) is 1. The topological polar surface area (TPSA) is 113 Å². The predicted octanol–water partition coefficient (Wildman–Crippen LogP) is -0.926. The molecule has 0 radical (unpaired) electrons. The Balaban J connectivity index is 2.14. The van der Waals surface area contributed by atoms with Gasteiger partial charge >= 0.3 is 0 Å². The average molecular weight is 289 g/mol. The molecular weight excluding hydrogens is 274 g/mol. The Bertz CT molecular complexity index is 723. The summed E-state index contributed by atoms with van der Waals surface area (Å²) in [6, 6.07) is 5.03. The van der Waals surface area contributed by atoms with Crippen molar-refractivity contribution in [2.75, 3.05) is 12.3 Å². The van der Waals surface area contributed by atoms with Crippen LogP contribution in [0.3, 0.4) is 0 Å². The molecule has 0 spiro atoms. The van der Waals surface area contributed by atoms with Crippen molar-refractivity contribution in [3.8, 4) is 12.3 Å². The van der Waals surface area contributed by atoms with Gasteiger partial charge in [0.25, 0.3) is 0 Å². The SMILES string of the molecule is C#C[C@@]1(O)[C@H](O)[C@@H](CO)O[C@H]1c1ccc2c(N)ccnn12. The minimum Gasteiger partial charge on any atom is -0.397 e. The van der Waals surface area contributed by atoms with Crippen LogP contribution >= 0.6 is 0 Å². The third-order valence-electron chi connectivity index (χ3n) is 3.81. The van der Waals surface area contributed by atoms with Crippen LogP contribution in [0.4, 0.5) is 5.69 Å². The van der Waals surface area contributed by atoms with Crippen LogP contribution in [0.2, 0.25) is 0 Å². The number of ether oxygens (including phenoxy) is 1. The van der Waals surface area contributed by atoms with Crippen molar-refractivity contribution in [2.45, 2.75) is 23.9 Å². The lowest BCUT2D eigenvalue weighted by molar-refractivity contribution is -0.0364. The summed E-state index contributed by atoms with van der Waals surface area (Å²) < 4.78 is 7.02. The van der Waals surface area contributed by atoms with E-state index in [0.29, 0.717) is 16.9 Å². The number of aromatic nitrogens is 2. The summed E-state index contributed by atoms with van der Waals surface area (Å²) in [5, 5.41) is 34.0. The van der Waals surface area contributed by atoms with Crippen molar-refractivity contribution in [3.63, 3.8) is 0 Å². The van der Waals surface area contributed by atoms with E-state index in [1.807, 2.05) is 0 Å². The summed E-state index contributed by atoms with van der Waals surface area (Å²) in [7, 11) is 0. The molecule has 2 aromatic rings. The number of hydrogen-bond acceptors (Lipinski definition) is 6. The van der Waals surface area contributed by atoms with Gasteiger partial charge in [0.1, 0.15) is 18.3 Å². The monoisotopic (exact) mass is 289 g/mol. The highest BCUT2D eigenvalue weighted by molar-refractivity contribution is 5.69. The predicted molar refractivity (Wildman–Crippen MR) is 74.1 cm³/mol.